The van der Waals surface area contributed by atoms with Crippen LogP contribution in [0.25, 0.3) is 11.1 Å². The molecule has 8 nitrogen and oxygen atoms in total. The van der Waals surface area contributed by atoms with Crippen LogP contribution in [0.1, 0.15) is 34.2 Å². The Hall–Kier alpha value is -4.92. The Kier molecular flexibility index (Phi) is 10.4. The molecule has 4 aromatic rings. The molecular formula is C35H30ClF3N2O6. The van der Waals surface area contributed by atoms with Crippen LogP contribution in [0.3, 0.4) is 0 Å². The molecular weight excluding hydrogens is 637 g/mol. The SMILES string of the molecule is Cc1c(COc2cc(OCc3cccc(C#N)c3)c(CNC(CC(F)(F)F)C(=O)O)cc2Cl)cccc1-c1ccc2c(c1)OCCO2. The van der Waals surface area contributed by atoms with E-state index in [9.17, 15) is 28.3 Å². The van der Waals surface area contributed by atoms with Crippen molar-refractivity contribution in [3.63, 3.8) is 0 Å². The van der Waals surface area contributed by atoms with Gasteiger partial charge in [-0.25, -0.2) is 0 Å². The Morgan fingerprint density at radius 2 is 1.72 bits per heavy atom. The van der Waals surface area contributed by atoms with Gasteiger partial charge in [0, 0.05) is 18.2 Å². The number of carboxylic acids is 1. The maximum absolute atomic E-state index is 13.0. The molecule has 12 heteroatoms. The van der Waals surface area contributed by atoms with Crippen molar-refractivity contribution in [3.05, 3.63) is 106 Å². The summed E-state index contributed by atoms with van der Waals surface area (Å²) in [5.41, 5.74) is 5.21. The van der Waals surface area contributed by atoms with E-state index in [4.69, 9.17) is 30.5 Å². The van der Waals surface area contributed by atoms with Gasteiger partial charge in [-0.3, -0.25) is 10.1 Å². The smallest absolute Gasteiger partial charge is 0.391 e. The molecule has 0 radical (unpaired) electrons. The Balaban J connectivity index is 1.38. The van der Waals surface area contributed by atoms with Crippen molar-refractivity contribution in [2.75, 3.05) is 13.2 Å². The summed E-state index contributed by atoms with van der Waals surface area (Å²) in [5, 5.41) is 21.2. The highest BCUT2D eigenvalue weighted by Crippen LogP contribution is 2.37. The van der Waals surface area contributed by atoms with Crippen LogP contribution >= 0.6 is 11.6 Å². The molecule has 1 aliphatic heterocycles. The molecule has 5 rings (SSSR count). The molecule has 1 unspecified atom stereocenters. The highest BCUT2D eigenvalue weighted by atomic mass is 35.5. The van der Waals surface area contributed by atoms with Crippen molar-refractivity contribution in [3.8, 4) is 40.2 Å². The molecule has 0 aromatic heterocycles. The predicted octanol–water partition coefficient (Wildman–Crippen LogP) is 7.61. The first kappa shape index (κ1) is 33.4. The molecule has 4 aromatic carbocycles. The zero-order valence-corrected chi connectivity index (χ0v) is 26.0. The van der Waals surface area contributed by atoms with E-state index < -0.39 is 24.6 Å². The van der Waals surface area contributed by atoms with Gasteiger partial charge >= 0.3 is 12.1 Å². The lowest BCUT2D eigenvalue weighted by atomic mass is 9.96. The standard InChI is InChI=1S/C35H30ClF3N2O6/c1-21-25(6-3-7-27(21)24-8-9-30-33(14-24)45-11-10-44-30)20-47-32-15-31(46-19-23-5-2-4-22(12-23)17-40)26(13-28(32)36)18-41-29(34(42)43)16-35(37,38)39/h2-9,12-15,29,41H,10-11,16,18-20H2,1H3,(H,42,43). The number of rotatable bonds is 12. The first-order valence-corrected chi connectivity index (χ1v) is 15.0. The van der Waals surface area contributed by atoms with Crippen molar-refractivity contribution in [2.45, 2.75) is 45.3 Å². The quantitative estimate of drug-likeness (QED) is 0.159. The number of alkyl halides is 3. The van der Waals surface area contributed by atoms with E-state index in [2.05, 4.69) is 11.4 Å². The molecule has 0 spiro atoms. The van der Waals surface area contributed by atoms with Gasteiger partial charge in [-0.1, -0.05) is 48.0 Å². The second kappa shape index (κ2) is 14.7. The molecule has 0 saturated heterocycles. The van der Waals surface area contributed by atoms with E-state index in [0.29, 0.717) is 41.4 Å². The zero-order chi connectivity index (χ0) is 33.6. The minimum atomic E-state index is -4.69. The topological polar surface area (TPSA) is 110 Å². The molecule has 0 aliphatic carbocycles. The number of hydrogen-bond donors (Lipinski definition) is 2. The summed E-state index contributed by atoms with van der Waals surface area (Å²) in [6.07, 6.45) is -6.24. The minimum Gasteiger partial charge on any atom is -0.488 e. The van der Waals surface area contributed by atoms with Crippen LogP contribution in [0.2, 0.25) is 5.02 Å². The van der Waals surface area contributed by atoms with Crippen LogP contribution in [0.5, 0.6) is 23.0 Å². The largest absolute Gasteiger partial charge is 0.488 e. The minimum absolute atomic E-state index is 0.0190. The number of carboxylic acid groups (broad SMARTS) is 1. The lowest BCUT2D eigenvalue weighted by molar-refractivity contribution is -0.158. The fourth-order valence-electron chi connectivity index (χ4n) is 5.08. The maximum atomic E-state index is 13.0. The van der Waals surface area contributed by atoms with Gasteiger partial charge in [0.05, 0.1) is 23.1 Å². The third-order valence-corrected chi connectivity index (χ3v) is 7.82. The second-order valence-electron chi connectivity index (χ2n) is 10.8. The van der Waals surface area contributed by atoms with Gasteiger partial charge in [0.15, 0.2) is 11.5 Å². The fourth-order valence-corrected chi connectivity index (χ4v) is 5.32. The molecule has 47 heavy (non-hydrogen) atoms. The number of nitrogens with one attached hydrogen (secondary N) is 1. The van der Waals surface area contributed by atoms with Crippen molar-refractivity contribution in [2.24, 2.45) is 0 Å². The van der Waals surface area contributed by atoms with Gasteiger partial charge in [-0.05, 0) is 65.1 Å². The number of benzene rings is 4. The number of aliphatic carboxylic acids is 1. The average molecular weight is 667 g/mol. The van der Waals surface area contributed by atoms with E-state index >= 15 is 0 Å². The molecule has 2 N–H and O–H groups in total. The molecule has 1 heterocycles. The summed E-state index contributed by atoms with van der Waals surface area (Å²) in [4.78, 5) is 11.5. The summed E-state index contributed by atoms with van der Waals surface area (Å²) in [6.45, 7) is 2.83. The van der Waals surface area contributed by atoms with E-state index in [1.165, 1.54) is 12.1 Å². The summed E-state index contributed by atoms with van der Waals surface area (Å²) in [6, 6.07) is 21.5. The van der Waals surface area contributed by atoms with Crippen molar-refractivity contribution in [1.82, 2.24) is 5.32 Å². The second-order valence-corrected chi connectivity index (χ2v) is 11.2. The Morgan fingerprint density at radius 3 is 2.47 bits per heavy atom. The van der Waals surface area contributed by atoms with Crippen LogP contribution < -0.4 is 24.3 Å². The predicted molar refractivity (Wildman–Crippen MR) is 168 cm³/mol. The van der Waals surface area contributed by atoms with Gasteiger partial charge in [0.1, 0.15) is 44.0 Å². The summed E-state index contributed by atoms with van der Waals surface area (Å²) < 4.78 is 62.6. The third-order valence-electron chi connectivity index (χ3n) is 7.52. The van der Waals surface area contributed by atoms with Crippen LogP contribution in [0.4, 0.5) is 13.2 Å². The Bertz CT molecular complexity index is 1810. The molecule has 1 atom stereocenters. The molecule has 0 saturated carbocycles. The lowest BCUT2D eigenvalue weighted by Gasteiger charge is -2.20. The van der Waals surface area contributed by atoms with Gasteiger partial charge in [-0.15, -0.1) is 0 Å². The first-order valence-electron chi connectivity index (χ1n) is 14.6. The number of nitrogens with zero attached hydrogens (tertiary/aromatic N) is 1. The van der Waals surface area contributed by atoms with Gasteiger partial charge in [-0.2, -0.15) is 18.4 Å². The van der Waals surface area contributed by atoms with E-state index in [-0.39, 0.29) is 36.3 Å². The monoisotopic (exact) mass is 666 g/mol. The maximum Gasteiger partial charge on any atom is 0.391 e. The van der Waals surface area contributed by atoms with Crippen molar-refractivity contribution >= 4 is 17.6 Å². The molecule has 0 bridgehead atoms. The van der Waals surface area contributed by atoms with E-state index in [1.54, 1.807) is 24.3 Å². The number of ether oxygens (including phenoxy) is 4. The van der Waals surface area contributed by atoms with Crippen LogP contribution in [-0.2, 0) is 24.6 Å². The highest BCUT2D eigenvalue weighted by Gasteiger charge is 2.35. The van der Waals surface area contributed by atoms with Gasteiger partial charge in [0.2, 0.25) is 0 Å². The molecule has 244 valence electrons. The zero-order valence-electron chi connectivity index (χ0n) is 25.2. The normalized spacial score (nSPS) is 13.0. The summed E-state index contributed by atoms with van der Waals surface area (Å²) >= 11 is 6.58. The molecule has 1 aliphatic rings. The first-order chi connectivity index (χ1) is 22.5. The van der Waals surface area contributed by atoms with E-state index in [1.807, 2.05) is 43.3 Å². The summed E-state index contributed by atoms with van der Waals surface area (Å²) in [7, 11) is 0. The number of nitriles is 1. The molecule has 0 amide bonds. The van der Waals surface area contributed by atoms with Gasteiger partial charge < -0.3 is 24.1 Å². The Morgan fingerprint density at radius 1 is 0.979 bits per heavy atom. The van der Waals surface area contributed by atoms with Crippen LogP contribution in [0.15, 0.2) is 72.8 Å². The number of fused-ring (bicyclic) bond motifs is 1. The summed E-state index contributed by atoms with van der Waals surface area (Å²) in [5.74, 6) is 0.205. The van der Waals surface area contributed by atoms with Crippen LogP contribution in [-0.4, -0.2) is 36.5 Å². The van der Waals surface area contributed by atoms with Gasteiger partial charge in [0.25, 0.3) is 0 Å². The van der Waals surface area contributed by atoms with Crippen molar-refractivity contribution < 1.29 is 42.0 Å². The van der Waals surface area contributed by atoms with Crippen molar-refractivity contribution in [1.29, 1.82) is 5.26 Å². The molecule has 0 fully saturated rings. The number of halogens is 4. The number of carbonyl (C=O) groups is 1. The van der Waals surface area contributed by atoms with Crippen LogP contribution in [0, 0.1) is 18.3 Å². The highest BCUT2D eigenvalue weighted by molar-refractivity contribution is 6.32. The average Bonchev–Trinajstić information content (AvgIpc) is 3.05. The third kappa shape index (κ3) is 8.67. The fraction of sp³-hybridized carbons (Fsp3) is 0.257. The lowest BCUT2D eigenvalue weighted by Crippen LogP contribution is -2.39. The Labute approximate surface area is 274 Å². The number of hydrogen-bond acceptors (Lipinski definition) is 7. The van der Waals surface area contributed by atoms with E-state index in [0.717, 1.165) is 22.3 Å².